The largest absolute Gasteiger partial charge is 0.480 e. The van der Waals surface area contributed by atoms with Gasteiger partial charge in [-0.3, -0.25) is 4.79 Å². The van der Waals surface area contributed by atoms with Gasteiger partial charge in [0.1, 0.15) is 6.04 Å². The summed E-state index contributed by atoms with van der Waals surface area (Å²) >= 11 is 0. The molecule has 0 aliphatic rings. The topological polar surface area (TPSA) is 83.6 Å². The Morgan fingerprint density at radius 1 is 1.55 bits per heavy atom. The highest BCUT2D eigenvalue weighted by atomic mass is 16.4. The number of hydrogen-bond donors (Lipinski definition) is 3. The Morgan fingerprint density at radius 3 is 2.00 bits per heavy atom. The first-order valence-electron chi connectivity index (χ1n) is 3.47. The molecule has 2 atom stereocenters. The smallest absolute Gasteiger partial charge is 0.320 e. The van der Waals surface area contributed by atoms with Crippen LogP contribution in [0.4, 0.5) is 0 Å². The number of rotatable bonds is 3. The number of carboxylic acids is 1. The summed E-state index contributed by atoms with van der Waals surface area (Å²) in [7, 11) is 0. The maximum absolute atomic E-state index is 10.4. The first-order valence-corrected chi connectivity index (χ1v) is 3.47. The zero-order valence-corrected chi connectivity index (χ0v) is 7.03. The van der Waals surface area contributed by atoms with E-state index in [2.05, 4.69) is 0 Å². The minimum Gasteiger partial charge on any atom is -0.480 e. The number of hydrogen-bond acceptors (Lipinski definition) is 3. The Kier molecular flexibility index (Phi) is 3.02. The van der Waals surface area contributed by atoms with E-state index in [9.17, 15) is 9.90 Å². The molecule has 0 radical (unpaired) electrons. The van der Waals surface area contributed by atoms with Gasteiger partial charge in [0.2, 0.25) is 0 Å². The molecule has 11 heavy (non-hydrogen) atoms. The highest BCUT2D eigenvalue weighted by Gasteiger charge is 2.31. The Bertz CT molecular complexity index is 150. The van der Waals surface area contributed by atoms with Crippen molar-refractivity contribution in [3.05, 3.63) is 0 Å². The van der Waals surface area contributed by atoms with Crippen LogP contribution in [0.25, 0.3) is 0 Å². The molecule has 0 rings (SSSR count). The highest BCUT2D eigenvalue weighted by Crippen LogP contribution is 2.18. The first kappa shape index (κ1) is 10.4. The van der Waals surface area contributed by atoms with Crippen LogP contribution in [-0.2, 0) is 4.79 Å². The number of aliphatic hydroxyl groups is 1. The minimum absolute atomic E-state index is 0.458. The van der Waals surface area contributed by atoms with Crippen molar-refractivity contribution < 1.29 is 15.0 Å². The van der Waals surface area contributed by atoms with Gasteiger partial charge < -0.3 is 15.9 Å². The molecule has 4 nitrogen and oxygen atoms in total. The number of aliphatic carboxylic acids is 1. The van der Waals surface area contributed by atoms with E-state index in [1.807, 2.05) is 0 Å². The maximum Gasteiger partial charge on any atom is 0.320 e. The van der Waals surface area contributed by atoms with Gasteiger partial charge in [0.25, 0.3) is 0 Å². The molecule has 0 aliphatic heterocycles. The SMILES string of the molecule is C[C@@H]([C@H](N)C(=O)O)C(C)(C)O. The second kappa shape index (κ2) is 3.19. The van der Waals surface area contributed by atoms with Crippen LogP contribution in [-0.4, -0.2) is 27.8 Å². The van der Waals surface area contributed by atoms with E-state index >= 15 is 0 Å². The molecule has 0 unspecified atom stereocenters. The van der Waals surface area contributed by atoms with Crippen molar-refractivity contribution in [2.45, 2.75) is 32.4 Å². The van der Waals surface area contributed by atoms with Gasteiger partial charge in [-0.1, -0.05) is 6.92 Å². The molecule has 0 aromatic carbocycles. The predicted molar refractivity (Wildman–Crippen MR) is 41.1 cm³/mol. The van der Waals surface area contributed by atoms with E-state index in [1.165, 1.54) is 0 Å². The monoisotopic (exact) mass is 161 g/mol. The molecule has 0 heterocycles. The highest BCUT2D eigenvalue weighted by molar-refractivity contribution is 5.73. The van der Waals surface area contributed by atoms with Gasteiger partial charge in [0.15, 0.2) is 0 Å². The summed E-state index contributed by atoms with van der Waals surface area (Å²) in [6, 6.07) is -1.00. The third kappa shape index (κ3) is 2.86. The van der Waals surface area contributed by atoms with Gasteiger partial charge >= 0.3 is 5.97 Å². The summed E-state index contributed by atoms with van der Waals surface area (Å²) in [5.74, 6) is -1.54. The summed E-state index contributed by atoms with van der Waals surface area (Å²) in [6.07, 6.45) is 0. The van der Waals surface area contributed by atoms with E-state index in [0.717, 1.165) is 0 Å². The number of nitrogens with two attached hydrogens (primary N) is 1. The maximum atomic E-state index is 10.4. The summed E-state index contributed by atoms with van der Waals surface area (Å²) in [4.78, 5) is 10.4. The molecular formula is C7H15NO3. The Morgan fingerprint density at radius 2 is 1.91 bits per heavy atom. The summed E-state index contributed by atoms with van der Waals surface area (Å²) in [5.41, 5.74) is 4.24. The normalized spacial score (nSPS) is 17.5. The summed E-state index contributed by atoms with van der Waals surface area (Å²) in [6.45, 7) is 4.69. The molecule has 0 fully saturated rings. The minimum atomic E-state index is -1.08. The van der Waals surface area contributed by atoms with E-state index in [0.29, 0.717) is 0 Å². The summed E-state index contributed by atoms with van der Waals surface area (Å²) < 4.78 is 0. The average molecular weight is 161 g/mol. The second-order valence-electron chi connectivity index (χ2n) is 3.31. The molecule has 0 saturated heterocycles. The lowest BCUT2D eigenvalue weighted by Gasteiger charge is -2.28. The van der Waals surface area contributed by atoms with Gasteiger partial charge in [0, 0.05) is 5.92 Å². The summed E-state index contributed by atoms with van der Waals surface area (Å²) in [5, 5.41) is 17.8. The van der Waals surface area contributed by atoms with Gasteiger partial charge in [-0.2, -0.15) is 0 Å². The Hall–Kier alpha value is -0.610. The van der Waals surface area contributed by atoms with Crippen LogP contribution in [0, 0.1) is 5.92 Å². The zero-order chi connectivity index (χ0) is 9.23. The van der Waals surface area contributed by atoms with Crippen molar-refractivity contribution in [1.29, 1.82) is 0 Å². The quantitative estimate of drug-likeness (QED) is 0.535. The van der Waals surface area contributed by atoms with E-state index in [1.54, 1.807) is 20.8 Å². The van der Waals surface area contributed by atoms with Crippen LogP contribution in [0.2, 0.25) is 0 Å². The molecule has 4 heteroatoms. The van der Waals surface area contributed by atoms with Gasteiger partial charge in [-0.15, -0.1) is 0 Å². The fourth-order valence-electron chi connectivity index (χ4n) is 0.653. The number of carboxylic acid groups (broad SMARTS) is 1. The van der Waals surface area contributed by atoms with Gasteiger partial charge in [-0.05, 0) is 13.8 Å². The van der Waals surface area contributed by atoms with Crippen LogP contribution >= 0.6 is 0 Å². The average Bonchev–Trinajstić information content (AvgIpc) is 1.82. The lowest BCUT2D eigenvalue weighted by molar-refractivity contribution is -0.142. The molecule has 0 aromatic heterocycles. The van der Waals surface area contributed by atoms with E-state index in [4.69, 9.17) is 10.8 Å². The zero-order valence-electron chi connectivity index (χ0n) is 7.03. The number of carbonyl (C=O) groups is 1. The third-order valence-electron chi connectivity index (χ3n) is 1.94. The van der Waals surface area contributed by atoms with Crippen molar-refractivity contribution in [2.24, 2.45) is 11.7 Å². The van der Waals surface area contributed by atoms with Gasteiger partial charge in [0.05, 0.1) is 5.60 Å². The Balaban J connectivity index is 4.25. The van der Waals surface area contributed by atoms with Crippen molar-refractivity contribution in [1.82, 2.24) is 0 Å². The standard InChI is InChI=1S/C7H15NO3/c1-4(7(2,3)11)5(8)6(9)10/h4-5,11H,8H2,1-3H3,(H,9,10)/t4-,5-/m0/s1. The van der Waals surface area contributed by atoms with E-state index in [-0.39, 0.29) is 0 Å². The molecule has 0 aromatic rings. The van der Waals surface area contributed by atoms with Crippen molar-refractivity contribution in [2.75, 3.05) is 0 Å². The lowest BCUT2D eigenvalue weighted by Crippen LogP contribution is -2.46. The van der Waals surface area contributed by atoms with E-state index < -0.39 is 23.5 Å². The van der Waals surface area contributed by atoms with Crippen LogP contribution in [0.5, 0.6) is 0 Å². The Labute approximate surface area is 66.0 Å². The van der Waals surface area contributed by atoms with Crippen LogP contribution in [0.1, 0.15) is 20.8 Å². The third-order valence-corrected chi connectivity index (χ3v) is 1.94. The van der Waals surface area contributed by atoms with Crippen molar-refractivity contribution >= 4 is 5.97 Å². The molecule has 4 N–H and O–H groups in total. The fourth-order valence-corrected chi connectivity index (χ4v) is 0.653. The van der Waals surface area contributed by atoms with Crippen LogP contribution in [0.3, 0.4) is 0 Å². The lowest BCUT2D eigenvalue weighted by atomic mass is 9.87. The molecule has 66 valence electrons. The van der Waals surface area contributed by atoms with Crippen LogP contribution < -0.4 is 5.73 Å². The second-order valence-corrected chi connectivity index (χ2v) is 3.31. The first-order chi connectivity index (χ1) is 4.76. The predicted octanol–water partition coefficient (Wildman–Crippen LogP) is -0.195. The van der Waals surface area contributed by atoms with Crippen LogP contribution in [0.15, 0.2) is 0 Å². The molecule has 0 saturated carbocycles. The molecule has 0 bridgehead atoms. The molecular weight excluding hydrogens is 146 g/mol. The fraction of sp³-hybridized carbons (Fsp3) is 0.857. The molecule has 0 amide bonds. The molecule has 0 aliphatic carbocycles. The van der Waals surface area contributed by atoms with Crippen molar-refractivity contribution in [3.8, 4) is 0 Å². The van der Waals surface area contributed by atoms with Crippen molar-refractivity contribution in [3.63, 3.8) is 0 Å². The van der Waals surface area contributed by atoms with Gasteiger partial charge in [-0.25, -0.2) is 0 Å². The molecule has 0 spiro atoms.